The first-order valence-corrected chi connectivity index (χ1v) is 10.7. The molecule has 1 amide bonds. The van der Waals surface area contributed by atoms with Crippen molar-refractivity contribution in [2.45, 2.75) is 33.2 Å². The molecule has 1 N–H and O–H groups in total. The van der Waals surface area contributed by atoms with Crippen LogP contribution in [0.15, 0.2) is 48.5 Å². The molecule has 146 valence electrons. The van der Waals surface area contributed by atoms with Crippen LogP contribution in [0.25, 0.3) is 0 Å². The van der Waals surface area contributed by atoms with Gasteiger partial charge in [0.05, 0.1) is 18.6 Å². The fourth-order valence-electron chi connectivity index (χ4n) is 2.88. The molecule has 0 radical (unpaired) electrons. The molecule has 0 bridgehead atoms. The first kappa shape index (κ1) is 20.8. The second-order valence-electron chi connectivity index (χ2n) is 6.27. The number of nitrogens with one attached hydrogen (secondary N) is 1. The number of hydrogen-bond acceptors (Lipinski definition) is 4. The summed E-state index contributed by atoms with van der Waals surface area (Å²) >= 11 is 0. The summed E-state index contributed by atoms with van der Waals surface area (Å²) in [4.78, 5) is 12.9. The molecule has 0 saturated heterocycles. The SMILES string of the molecule is CCOc1cccc(NC(=O)[C@@H](CC)N(c2cccc(C)c2)S(C)(=O)=O)c1. The molecule has 0 spiro atoms. The van der Waals surface area contributed by atoms with Crippen molar-refractivity contribution in [3.8, 4) is 5.75 Å². The van der Waals surface area contributed by atoms with Gasteiger partial charge < -0.3 is 10.1 Å². The average molecular weight is 391 g/mol. The van der Waals surface area contributed by atoms with E-state index in [1.807, 2.05) is 19.9 Å². The predicted molar refractivity (Wildman–Crippen MR) is 109 cm³/mol. The summed E-state index contributed by atoms with van der Waals surface area (Å²) < 4.78 is 31.6. The van der Waals surface area contributed by atoms with Crippen LogP contribution in [0.3, 0.4) is 0 Å². The summed E-state index contributed by atoms with van der Waals surface area (Å²) in [7, 11) is -3.65. The van der Waals surface area contributed by atoms with Crippen LogP contribution in [0.4, 0.5) is 11.4 Å². The van der Waals surface area contributed by atoms with E-state index < -0.39 is 22.0 Å². The maximum atomic E-state index is 12.9. The van der Waals surface area contributed by atoms with Gasteiger partial charge in [0, 0.05) is 11.8 Å². The molecule has 6 nitrogen and oxygen atoms in total. The van der Waals surface area contributed by atoms with Crippen molar-refractivity contribution >= 4 is 27.3 Å². The Bertz CT molecular complexity index is 896. The number of nitrogens with zero attached hydrogens (tertiary/aromatic N) is 1. The Morgan fingerprint density at radius 1 is 1.15 bits per heavy atom. The summed E-state index contributed by atoms with van der Waals surface area (Å²) in [5.41, 5.74) is 1.95. The van der Waals surface area contributed by atoms with Gasteiger partial charge in [-0.1, -0.05) is 25.1 Å². The van der Waals surface area contributed by atoms with Gasteiger partial charge in [-0.2, -0.15) is 0 Å². The molecule has 2 aromatic carbocycles. The predicted octanol–water partition coefficient (Wildman–Crippen LogP) is 3.58. The molecule has 1 atom stereocenters. The van der Waals surface area contributed by atoms with Gasteiger partial charge in [0.2, 0.25) is 15.9 Å². The zero-order valence-corrected chi connectivity index (χ0v) is 16.9. The number of anilines is 2. The molecule has 0 heterocycles. The molecule has 0 aromatic heterocycles. The first-order chi connectivity index (χ1) is 12.8. The van der Waals surface area contributed by atoms with Crippen LogP contribution in [-0.2, 0) is 14.8 Å². The molecule has 0 aliphatic carbocycles. The summed E-state index contributed by atoms with van der Waals surface area (Å²) in [5.74, 6) is 0.250. The quantitative estimate of drug-likeness (QED) is 0.748. The van der Waals surface area contributed by atoms with Gasteiger partial charge >= 0.3 is 0 Å². The summed E-state index contributed by atoms with van der Waals surface area (Å²) in [6.45, 7) is 6.06. The van der Waals surface area contributed by atoms with Crippen LogP contribution >= 0.6 is 0 Å². The molecule has 0 fully saturated rings. The number of aryl methyl sites for hydroxylation is 1. The number of benzene rings is 2. The fourth-order valence-corrected chi connectivity index (χ4v) is 4.08. The second-order valence-corrected chi connectivity index (χ2v) is 8.13. The molecule has 0 aliphatic heterocycles. The van der Waals surface area contributed by atoms with E-state index in [-0.39, 0.29) is 0 Å². The zero-order chi connectivity index (χ0) is 20.0. The third kappa shape index (κ3) is 5.47. The highest BCUT2D eigenvalue weighted by molar-refractivity contribution is 7.92. The number of carbonyl (C=O) groups is 1. The van der Waals surface area contributed by atoms with Gasteiger partial charge in [0.15, 0.2) is 0 Å². The first-order valence-electron chi connectivity index (χ1n) is 8.86. The lowest BCUT2D eigenvalue weighted by molar-refractivity contribution is -0.117. The number of sulfonamides is 1. The number of amides is 1. The lowest BCUT2D eigenvalue weighted by Gasteiger charge is -2.30. The smallest absolute Gasteiger partial charge is 0.248 e. The topological polar surface area (TPSA) is 75.7 Å². The van der Waals surface area contributed by atoms with Crippen molar-refractivity contribution in [1.29, 1.82) is 0 Å². The monoisotopic (exact) mass is 390 g/mol. The van der Waals surface area contributed by atoms with Gasteiger partial charge in [-0.05, 0) is 50.1 Å². The largest absolute Gasteiger partial charge is 0.494 e. The highest BCUT2D eigenvalue weighted by Gasteiger charge is 2.31. The Balaban J connectivity index is 2.33. The van der Waals surface area contributed by atoms with Crippen LogP contribution in [0, 0.1) is 6.92 Å². The minimum atomic E-state index is -3.65. The Hall–Kier alpha value is -2.54. The van der Waals surface area contributed by atoms with Gasteiger partial charge in [-0.25, -0.2) is 8.42 Å². The molecule has 2 rings (SSSR count). The van der Waals surface area contributed by atoms with Crippen molar-refractivity contribution in [3.63, 3.8) is 0 Å². The standard InChI is InChI=1S/C20H26N2O4S/c1-5-19(20(23)21-16-10-8-12-18(14-16)26-6-2)22(27(4,24)25)17-11-7-9-15(3)13-17/h7-14,19H,5-6H2,1-4H3,(H,21,23)/t19-/m1/s1. The van der Waals surface area contributed by atoms with Crippen LogP contribution in [0.5, 0.6) is 5.75 Å². The minimum Gasteiger partial charge on any atom is -0.494 e. The highest BCUT2D eigenvalue weighted by atomic mass is 32.2. The molecule has 27 heavy (non-hydrogen) atoms. The van der Waals surface area contributed by atoms with E-state index in [4.69, 9.17) is 4.74 Å². The molecule has 0 unspecified atom stereocenters. The highest BCUT2D eigenvalue weighted by Crippen LogP contribution is 2.25. The van der Waals surface area contributed by atoms with E-state index in [0.717, 1.165) is 11.8 Å². The summed E-state index contributed by atoms with van der Waals surface area (Å²) in [5, 5.41) is 2.80. The van der Waals surface area contributed by atoms with Gasteiger partial charge in [-0.15, -0.1) is 0 Å². The molecule has 0 saturated carbocycles. The third-order valence-corrected chi connectivity index (χ3v) is 5.18. The molecular formula is C20H26N2O4S. The maximum Gasteiger partial charge on any atom is 0.248 e. The number of rotatable bonds is 8. The summed E-state index contributed by atoms with van der Waals surface area (Å²) in [6.07, 6.45) is 1.44. The Labute approximate surface area is 161 Å². The van der Waals surface area contributed by atoms with Crippen molar-refractivity contribution < 1.29 is 17.9 Å². The molecular weight excluding hydrogens is 364 g/mol. The molecule has 7 heteroatoms. The van der Waals surface area contributed by atoms with E-state index in [1.54, 1.807) is 49.4 Å². The average Bonchev–Trinajstić information content (AvgIpc) is 2.59. The van der Waals surface area contributed by atoms with E-state index in [9.17, 15) is 13.2 Å². The number of hydrogen-bond donors (Lipinski definition) is 1. The normalized spacial score (nSPS) is 12.3. The molecule has 2 aromatic rings. The van der Waals surface area contributed by atoms with E-state index in [0.29, 0.717) is 30.2 Å². The number of ether oxygens (including phenoxy) is 1. The van der Waals surface area contributed by atoms with Crippen molar-refractivity contribution in [1.82, 2.24) is 0 Å². The zero-order valence-electron chi connectivity index (χ0n) is 16.1. The van der Waals surface area contributed by atoms with Crippen LogP contribution in [-0.4, -0.2) is 33.2 Å². The van der Waals surface area contributed by atoms with Gasteiger partial charge in [-0.3, -0.25) is 9.10 Å². The van der Waals surface area contributed by atoms with Crippen molar-refractivity contribution in [3.05, 3.63) is 54.1 Å². The van der Waals surface area contributed by atoms with Gasteiger partial charge in [0.25, 0.3) is 0 Å². The maximum absolute atomic E-state index is 12.9. The van der Waals surface area contributed by atoms with E-state index in [2.05, 4.69) is 5.32 Å². The Morgan fingerprint density at radius 3 is 2.44 bits per heavy atom. The number of carbonyl (C=O) groups excluding carboxylic acids is 1. The lowest BCUT2D eigenvalue weighted by atomic mass is 10.1. The third-order valence-electron chi connectivity index (χ3n) is 4.00. The van der Waals surface area contributed by atoms with E-state index in [1.165, 1.54) is 4.31 Å². The lowest BCUT2D eigenvalue weighted by Crippen LogP contribution is -2.47. The van der Waals surface area contributed by atoms with Crippen molar-refractivity contribution in [2.24, 2.45) is 0 Å². The van der Waals surface area contributed by atoms with Gasteiger partial charge in [0.1, 0.15) is 11.8 Å². The fraction of sp³-hybridized carbons (Fsp3) is 0.350. The van der Waals surface area contributed by atoms with E-state index >= 15 is 0 Å². The Kier molecular flexibility index (Phi) is 6.85. The minimum absolute atomic E-state index is 0.331. The second kappa shape index (κ2) is 8.90. The van der Waals surface area contributed by atoms with Crippen molar-refractivity contribution in [2.75, 3.05) is 22.5 Å². The summed E-state index contributed by atoms with van der Waals surface area (Å²) in [6, 6.07) is 13.3. The van der Waals surface area contributed by atoms with Crippen LogP contribution in [0.2, 0.25) is 0 Å². The van der Waals surface area contributed by atoms with Crippen LogP contribution < -0.4 is 14.4 Å². The Morgan fingerprint density at radius 2 is 1.85 bits per heavy atom. The van der Waals surface area contributed by atoms with Crippen LogP contribution in [0.1, 0.15) is 25.8 Å². The molecule has 0 aliphatic rings.